The van der Waals surface area contributed by atoms with Crippen molar-refractivity contribution in [2.75, 3.05) is 0 Å². The monoisotopic (exact) mass is 260 g/mol. The highest BCUT2D eigenvalue weighted by molar-refractivity contribution is 7.92. The predicted octanol–water partition coefficient (Wildman–Crippen LogP) is 3.54. The van der Waals surface area contributed by atoms with Crippen LogP contribution in [-0.4, -0.2) is 13.7 Å². The zero-order chi connectivity index (χ0) is 13.2. The van der Waals surface area contributed by atoms with Crippen molar-refractivity contribution in [1.82, 2.24) is 0 Å². The summed E-state index contributed by atoms with van der Waals surface area (Å²) >= 11 is 0. The van der Waals surface area contributed by atoms with Gasteiger partial charge >= 0.3 is 0 Å². The molecule has 2 nitrogen and oxygen atoms in total. The normalized spacial score (nSPS) is 11.7. The smallest absolute Gasteiger partial charge is 0.180 e. The van der Waals surface area contributed by atoms with Gasteiger partial charge in [-0.3, -0.25) is 0 Å². The first-order valence-corrected chi connectivity index (χ1v) is 7.46. The van der Waals surface area contributed by atoms with Crippen LogP contribution in [0.25, 0.3) is 11.1 Å². The molecule has 0 aliphatic carbocycles. The lowest BCUT2D eigenvalue weighted by Gasteiger charge is -2.08. The predicted molar refractivity (Wildman–Crippen MR) is 74.2 cm³/mol. The van der Waals surface area contributed by atoms with Gasteiger partial charge in [0.1, 0.15) is 0 Å². The minimum absolute atomic E-state index is 0.386. The number of hydrogen-bond donors (Lipinski definition) is 0. The molecule has 0 heterocycles. The van der Waals surface area contributed by atoms with Gasteiger partial charge in [-0.25, -0.2) is 8.42 Å². The molecular weight excluding hydrogens is 244 g/mol. The molecule has 0 bridgehead atoms. The Morgan fingerprint density at radius 3 is 1.78 bits per heavy atom. The largest absolute Gasteiger partial charge is 0.223 e. The van der Waals surface area contributed by atoms with Gasteiger partial charge in [-0.1, -0.05) is 42.5 Å². The minimum Gasteiger partial charge on any atom is -0.223 e. The first-order valence-electron chi connectivity index (χ1n) is 5.91. The van der Waals surface area contributed by atoms with Crippen molar-refractivity contribution in [1.29, 1.82) is 0 Å². The Morgan fingerprint density at radius 1 is 0.778 bits per heavy atom. The lowest BCUT2D eigenvalue weighted by Crippen LogP contribution is -2.13. The average Bonchev–Trinajstić information content (AvgIpc) is 2.40. The van der Waals surface area contributed by atoms with Gasteiger partial charge in [0.05, 0.1) is 10.1 Å². The third kappa shape index (κ3) is 2.46. The summed E-state index contributed by atoms with van der Waals surface area (Å²) in [6.07, 6.45) is 0. The first-order chi connectivity index (χ1) is 8.51. The van der Waals surface area contributed by atoms with E-state index in [1.807, 2.05) is 42.5 Å². The van der Waals surface area contributed by atoms with E-state index in [1.54, 1.807) is 26.0 Å². The summed E-state index contributed by atoms with van der Waals surface area (Å²) in [6.45, 7) is 3.39. The minimum atomic E-state index is -3.18. The summed E-state index contributed by atoms with van der Waals surface area (Å²) in [7, 11) is -3.18. The molecule has 2 rings (SSSR count). The molecule has 0 saturated heterocycles. The summed E-state index contributed by atoms with van der Waals surface area (Å²) in [5, 5.41) is -0.389. The number of sulfone groups is 1. The second kappa shape index (κ2) is 4.94. The van der Waals surface area contributed by atoms with Gasteiger partial charge < -0.3 is 0 Å². The molecule has 0 saturated carbocycles. The van der Waals surface area contributed by atoms with Crippen molar-refractivity contribution >= 4 is 9.84 Å². The second-order valence-corrected chi connectivity index (χ2v) is 6.99. The molecule has 3 heteroatoms. The number of hydrogen-bond acceptors (Lipinski definition) is 2. The maximum absolute atomic E-state index is 12.0. The molecule has 94 valence electrons. The van der Waals surface area contributed by atoms with E-state index < -0.39 is 9.84 Å². The van der Waals surface area contributed by atoms with Gasteiger partial charge in [-0.05, 0) is 37.1 Å². The van der Waals surface area contributed by atoms with Crippen molar-refractivity contribution in [3.8, 4) is 11.1 Å². The highest BCUT2D eigenvalue weighted by atomic mass is 32.2. The first kappa shape index (κ1) is 12.8. The van der Waals surface area contributed by atoms with E-state index in [0.29, 0.717) is 4.90 Å². The summed E-state index contributed by atoms with van der Waals surface area (Å²) in [4.78, 5) is 0.386. The third-order valence-electron chi connectivity index (χ3n) is 2.91. The Kier molecular flexibility index (Phi) is 3.53. The van der Waals surface area contributed by atoms with Gasteiger partial charge in [0.15, 0.2) is 9.84 Å². The number of rotatable bonds is 3. The van der Waals surface area contributed by atoms with Crippen LogP contribution in [0.5, 0.6) is 0 Å². The van der Waals surface area contributed by atoms with Crippen LogP contribution < -0.4 is 0 Å². The Balaban J connectivity index is 2.38. The van der Waals surface area contributed by atoms with Crippen molar-refractivity contribution in [2.45, 2.75) is 24.0 Å². The van der Waals surface area contributed by atoms with Gasteiger partial charge in [0.25, 0.3) is 0 Å². The molecule has 0 aliphatic rings. The van der Waals surface area contributed by atoms with Gasteiger partial charge in [0, 0.05) is 0 Å². The van der Waals surface area contributed by atoms with Crippen LogP contribution in [0.1, 0.15) is 13.8 Å². The molecule has 0 N–H and O–H groups in total. The molecule has 18 heavy (non-hydrogen) atoms. The molecule has 0 fully saturated rings. The Hall–Kier alpha value is -1.61. The fraction of sp³-hybridized carbons (Fsp3) is 0.200. The average molecular weight is 260 g/mol. The van der Waals surface area contributed by atoms with E-state index in [1.165, 1.54) is 0 Å². The third-order valence-corrected chi connectivity index (χ3v) is 5.08. The Labute approximate surface area is 108 Å². The molecule has 0 atom stereocenters. The molecule has 0 radical (unpaired) electrons. The second-order valence-electron chi connectivity index (χ2n) is 4.48. The Bertz CT molecular complexity index is 611. The van der Waals surface area contributed by atoms with Crippen LogP contribution >= 0.6 is 0 Å². The van der Waals surface area contributed by atoms with E-state index in [-0.39, 0.29) is 5.25 Å². The van der Waals surface area contributed by atoms with Crippen molar-refractivity contribution in [3.63, 3.8) is 0 Å². The van der Waals surface area contributed by atoms with Gasteiger partial charge in [-0.15, -0.1) is 0 Å². The van der Waals surface area contributed by atoms with Crippen molar-refractivity contribution in [2.24, 2.45) is 0 Å². The van der Waals surface area contributed by atoms with Gasteiger partial charge in [0.2, 0.25) is 0 Å². The zero-order valence-corrected chi connectivity index (χ0v) is 11.3. The molecule has 0 amide bonds. The zero-order valence-electron chi connectivity index (χ0n) is 10.5. The standard InChI is InChI=1S/C15H16O2S/c1-12(2)18(16,17)15-10-8-14(9-11-15)13-6-4-3-5-7-13/h3-12H,1-2H3. The maximum atomic E-state index is 12.0. The highest BCUT2D eigenvalue weighted by Gasteiger charge is 2.18. The highest BCUT2D eigenvalue weighted by Crippen LogP contribution is 2.22. The number of benzene rings is 2. The molecule has 0 aromatic heterocycles. The Morgan fingerprint density at radius 2 is 1.28 bits per heavy atom. The molecule has 0 spiro atoms. The van der Waals surface area contributed by atoms with Crippen LogP contribution in [0.15, 0.2) is 59.5 Å². The lowest BCUT2D eigenvalue weighted by atomic mass is 10.1. The van der Waals surface area contributed by atoms with Crippen molar-refractivity contribution in [3.05, 3.63) is 54.6 Å². The summed E-state index contributed by atoms with van der Waals surface area (Å²) in [5.74, 6) is 0. The fourth-order valence-electron chi connectivity index (χ4n) is 1.74. The maximum Gasteiger partial charge on any atom is 0.180 e. The topological polar surface area (TPSA) is 34.1 Å². The summed E-state index contributed by atoms with van der Waals surface area (Å²) < 4.78 is 24.0. The quantitative estimate of drug-likeness (QED) is 0.846. The summed E-state index contributed by atoms with van der Waals surface area (Å²) in [5.41, 5.74) is 2.12. The lowest BCUT2D eigenvalue weighted by molar-refractivity contribution is 0.587. The van der Waals surface area contributed by atoms with E-state index in [0.717, 1.165) is 11.1 Å². The molecule has 0 aliphatic heterocycles. The van der Waals surface area contributed by atoms with Crippen LogP contribution in [0.4, 0.5) is 0 Å². The van der Waals surface area contributed by atoms with E-state index in [9.17, 15) is 8.42 Å². The molecule has 0 unspecified atom stereocenters. The van der Waals surface area contributed by atoms with Crippen LogP contribution in [0.3, 0.4) is 0 Å². The SMILES string of the molecule is CC(C)S(=O)(=O)c1ccc(-c2ccccc2)cc1. The van der Waals surface area contributed by atoms with E-state index >= 15 is 0 Å². The molecule has 2 aromatic carbocycles. The molecular formula is C15H16O2S. The van der Waals surface area contributed by atoms with E-state index in [4.69, 9.17) is 0 Å². The molecule has 2 aromatic rings. The van der Waals surface area contributed by atoms with Crippen molar-refractivity contribution < 1.29 is 8.42 Å². The van der Waals surface area contributed by atoms with E-state index in [2.05, 4.69) is 0 Å². The van der Waals surface area contributed by atoms with Crippen LogP contribution in [0, 0.1) is 0 Å². The van der Waals surface area contributed by atoms with Crippen LogP contribution in [-0.2, 0) is 9.84 Å². The van der Waals surface area contributed by atoms with Gasteiger partial charge in [-0.2, -0.15) is 0 Å². The fourth-order valence-corrected chi connectivity index (χ4v) is 2.80. The summed E-state index contributed by atoms with van der Waals surface area (Å²) in [6, 6.07) is 17.0. The van der Waals surface area contributed by atoms with Crippen LogP contribution in [0.2, 0.25) is 0 Å².